The molecule has 1 aliphatic rings. The Kier molecular flexibility index (Phi) is 4.02. The average molecular weight is 234 g/mol. The molecule has 1 heterocycles. The smallest absolute Gasteiger partial charge is 0.0631 e. The van der Waals surface area contributed by atoms with Crippen molar-refractivity contribution in [1.29, 1.82) is 0 Å². The van der Waals surface area contributed by atoms with Crippen LogP contribution in [0.15, 0.2) is 24.3 Å². The van der Waals surface area contributed by atoms with E-state index >= 15 is 0 Å². The van der Waals surface area contributed by atoms with E-state index < -0.39 is 0 Å². The molecule has 0 aromatic heterocycles. The van der Waals surface area contributed by atoms with Crippen molar-refractivity contribution >= 4 is 5.69 Å². The third-order valence-electron chi connectivity index (χ3n) is 3.27. The van der Waals surface area contributed by atoms with Crippen LogP contribution in [0.4, 0.5) is 5.69 Å². The number of methoxy groups -OCH3 is 1. The minimum absolute atomic E-state index is 0.0818. The van der Waals surface area contributed by atoms with E-state index in [1.807, 2.05) is 0 Å². The predicted molar refractivity (Wildman–Crippen MR) is 71.4 cm³/mol. The number of nitrogens with two attached hydrogens (primary N) is 1. The van der Waals surface area contributed by atoms with Gasteiger partial charge in [0.05, 0.1) is 6.61 Å². The highest BCUT2D eigenvalue weighted by Crippen LogP contribution is 2.29. The molecule has 2 unspecified atom stereocenters. The molecule has 3 nitrogen and oxygen atoms in total. The number of benzene rings is 1. The Morgan fingerprint density at radius 2 is 2.24 bits per heavy atom. The third kappa shape index (κ3) is 2.99. The van der Waals surface area contributed by atoms with Gasteiger partial charge in [0.2, 0.25) is 0 Å². The number of hydrogen-bond acceptors (Lipinski definition) is 3. The highest BCUT2D eigenvalue weighted by molar-refractivity contribution is 5.55. The molecule has 94 valence electrons. The van der Waals surface area contributed by atoms with Crippen molar-refractivity contribution in [2.24, 2.45) is 11.7 Å². The van der Waals surface area contributed by atoms with Crippen molar-refractivity contribution in [1.82, 2.24) is 0 Å². The molecule has 0 aliphatic carbocycles. The van der Waals surface area contributed by atoms with Gasteiger partial charge >= 0.3 is 0 Å². The third-order valence-corrected chi connectivity index (χ3v) is 3.27. The quantitative estimate of drug-likeness (QED) is 0.861. The van der Waals surface area contributed by atoms with Crippen LogP contribution in [0.2, 0.25) is 0 Å². The monoisotopic (exact) mass is 234 g/mol. The van der Waals surface area contributed by atoms with Crippen LogP contribution in [0, 0.1) is 5.92 Å². The van der Waals surface area contributed by atoms with Gasteiger partial charge in [-0.2, -0.15) is 0 Å². The Hall–Kier alpha value is -1.06. The Balaban J connectivity index is 2.12. The molecule has 0 radical (unpaired) electrons. The summed E-state index contributed by atoms with van der Waals surface area (Å²) < 4.78 is 5.11. The van der Waals surface area contributed by atoms with Gasteiger partial charge in [0.25, 0.3) is 0 Å². The largest absolute Gasteiger partial charge is 0.383 e. The lowest BCUT2D eigenvalue weighted by Crippen LogP contribution is -2.44. The molecular formula is C14H22N2O. The molecule has 0 spiro atoms. The molecular weight excluding hydrogens is 212 g/mol. The SMILES string of the molecule is COCC(N)CN1CC(C)Cc2ccccc21. The van der Waals surface area contributed by atoms with Crippen LogP contribution >= 0.6 is 0 Å². The predicted octanol–water partition coefficient (Wildman–Crippen LogP) is 1.66. The molecule has 2 atom stereocenters. The maximum Gasteiger partial charge on any atom is 0.0631 e. The molecule has 3 heteroatoms. The molecule has 2 rings (SSSR count). The van der Waals surface area contributed by atoms with Crippen LogP contribution in [-0.2, 0) is 11.2 Å². The van der Waals surface area contributed by atoms with Crippen molar-refractivity contribution in [3.63, 3.8) is 0 Å². The van der Waals surface area contributed by atoms with Gasteiger partial charge in [-0.15, -0.1) is 0 Å². The van der Waals surface area contributed by atoms with Crippen LogP contribution in [0.5, 0.6) is 0 Å². The van der Waals surface area contributed by atoms with Crippen molar-refractivity contribution in [2.75, 3.05) is 31.7 Å². The van der Waals surface area contributed by atoms with E-state index in [0.717, 1.165) is 13.1 Å². The highest BCUT2D eigenvalue weighted by Gasteiger charge is 2.22. The first kappa shape index (κ1) is 12.4. The number of nitrogens with zero attached hydrogens (tertiary/aromatic N) is 1. The fraction of sp³-hybridized carbons (Fsp3) is 0.571. The molecule has 0 saturated heterocycles. The summed E-state index contributed by atoms with van der Waals surface area (Å²) in [4.78, 5) is 2.40. The molecule has 17 heavy (non-hydrogen) atoms. The lowest BCUT2D eigenvalue weighted by Gasteiger charge is -2.36. The summed E-state index contributed by atoms with van der Waals surface area (Å²) in [7, 11) is 1.70. The molecule has 1 aromatic carbocycles. The first-order valence-electron chi connectivity index (χ1n) is 6.28. The number of ether oxygens (including phenoxy) is 1. The zero-order chi connectivity index (χ0) is 12.3. The molecule has 2 N–H and O–H groups in total. The van der Waals surface area contributed by atoms with Crippen molar-refractivity contribution in [3.05, 3.63) is 29.8 Å². The minimum Gasteiger partial charge on any atom is -0.383 e. The summed E-state index contributed by atoms with van der Waals surface area (Å²) in [6, 6.07) is 8.72. The maximum atomic E-state index is 6.05. The molecule has 1 aliphatic heterocycles. The Morgan fingerprint density at radius 3 is 3.00 bits per heavy atom. The van der Waals surface area contributed by atoms with Crippen molar-refractivity contribution in [3.8, 4) is 0 Å². The summed E-state index contributed by atoms with van der Waals surface area (Å²) >= 11 is 0. The summed E-state index contributed by atoms with van der Waals surface area (Å²) in [6.45, 7) is 4.88. The van der Waals surface area contributed by atoms with Crippen LogP contribution in [0.1, 0.15) is 12.5 Å². The molecule has 0 fully saturated rings. The fourth-order valence-electron chi connectivity index (χ4n) is 2.63. The number of fused-ring (bicyclic) bond motifs is 1. The standard InChI is InChI=1S/C14H22N2O/c1-11-7-12-5-3-4-6-14(12)16(8-11)9-13(15)10-17-2/h3-6,11,13H,7-10,15H2,1-2H3. The first-order chi connectivity index (χ1) is 8.20. The van der Waals surface area contributed by atoms with E-state index in [0.29, 0.717) is 12.5 Å². The van der Waals surface area contributed by atoms with E-state index in [1.165, 1.54) is 17.7 Å². The molecule has 0 amide bonds. The normalized spacial score (nSPS) is 21.1. The van der Waals surface area contributed by atoms with E-state index in [4.69, 9.17) is 10.5 Å². The Bertz CT molecular complexity index is 367. The van der Waals surface area contributed by atoms with Gasteiger partial charge in [0, 0.05) is 31.9 Å². The van der Waals surface area contributed by atoms with E-state index in [-0.39, 0.29) is 6.04 Å². The van der Waals surface area contributed by atoms with Crippen LogP contribution in [0.25, 0.3) is 0 Å². The average Bonchev–Trinajstić information content (AvgIpc) is 2.29. The van der Waals surface area contributed by atoms with Gasteiger partial charge in [0.15, 0.2) is 0 Å². The maximum absolute atomic E-state index is 6.05. The second kappa shape index (κ2) is 5.52. The van der Waals surface area contributed by atoms with Gasteiger partial charge in [0.1, 0.15) is 0 Å². The second-order valence-corrected chi connectivity index (χ2v) is 5.06. The van der Waals surface area contributed by atoms with Gasteiger partial charge in [-0.1, -0.05) is 25.1 Å². The van der Waals surface area contributed by atoms with Crippen LogP contribution in [0.3, 0.4) is 0 Å². The second-order valence-electron chi connectivity index (χ2n) is 5.06. The zero-order valence-electron chi connectivity index (χ0n) is 10.7. The summed E-state index contributed by atoms with van der Waals surface area (Å²) in [5.74, 6) is 0.694. The lowest BCUT2D eigenvalue weighted by atomic mass is 9.93. The lowest BCUT2D eigenvalue weighted by molar-refractivity contribution is 0.181. The number of rotatable bonds is 4. The molecule has 0 bridgehead atoms. The summed E-state index contributed by atoms with van der Waals surface area (Å²) in [6.07, 6.45) is 1.17. The van der Waals surface area contributed by atoms with Crippen LogP contribution < -0.4 is 10.6 Å². The van der Waals surface area contributed by atoms with E-state index in [1.54, 1.807) is 7.11 Å². The number of anilines is 1. The number of hydrogen-bond donors (Lipinski definition) is 1. The van der Waals surface area contributed by atoms with Gasteiger partial charge in [-0.05, 0) is 24.0 Å². The first-order valence-corrected chi connectivity index (χ1v) is 6.28. The topological polar surface area (TPSA) is 38.5 Å². The van der Waals surface area contributed by atoms with Crippen molar-refractivity contribution in [2.45, 2.75) is 19.4 Å². The molecule has 1 aromatic rings. The highest BCUT2D eigenvalue weighted by atomic mass is 16.5. The Labute approximate surface area is 104 Å². The van der Waals surface area contributed by atoms with Gasteiger partial charge in [-0.3, -0.25) is 0 Å². The minimum atomic E-state index is 0.0818. The van der Waals surface area contributed by atoms with E-state index in [2.05, 4.69) is 36.1 Å². The van der Waals surface area contributed by atoms with Gasteiger partial charge < -0.3 is 15.4 Å². The van der Waals surface area contributed by atoms with E-state index in [9.17, 15) is 0 Å². The van der Waals surface area contributed by atoms with Crippen molar-refractivity contribution < 1.29 is 4.74 Å². The zero-order valence-corrected chi connectivity index (χ0v) is 10.7. The van der Waals surface area contributed by atoms with Crippen LogP contribution in [-0.4, -0.2) is 32.8 Å². The molecule has 0 saturated carbocycles. The van der Waals surface area contributed by atoms with Gasteiger partial charge in [-0.25, -0.2) is 0 Å². The Morgan fingerprint density at radius 1 is 1.47 bits per heavy atom. The fourth-order valence-corrected chi connectivity index (χ4v) is 2.63. The summed E-state index contributed by atoms with van der Waals surface area (Å²) in [5, 5.41) is 0. The summed E-state index contributed by atoms with van der Waals surface area (Å²) in [5.41, 5.74) is 8.84. The number of para-hydroxylation sites is 1.